The second-order valence-electron chi connectivity index (χ2n) is 6.14. The van der Waals surface area contributed by atoms with Crippen molar-refractivity contribution in [2.24, 2.45) is 0 Å². The van der Waals surface area contributed by atoms with E-state index in [1.54, 1.807) is 12.1 Å². The Morgan fingerprint density at radius 2 is 1.96 bits per heavy atom. The molecule has 1 aliphatic rings. The van der Waals surface area contributed by atoms with Gasteiger partial charge in [0.2, 0.25) is 0 Å². The van der Waals surface area contributed by atoms with E-state index in [1.807, 2.05) is 0 Å². The molecule has 0 unspecified atom stereocenters. The highest BCUT2D eigenvalue weighted by atomic mass is 19.1. The number of hydrogen-bond donors (Lipinski definition) is 1. The molecule has 1 heterocycles. The lowest BCUT2D eigenvalue weighted by Crippen LogP contribution is -2.34. The summed E-state index contributed by atoms with van der Waals surface area (Å²) < 4.78 is 18.6. The molecule has 0 saturated heterocycles. The summed E-state index contributed by atoms with van der Waals surface area (Å²) >= 11 is 0. The summed E-state index contributed by atoms with van der Waals surface area (Å²) in [6.45, 7) is 2.37. The Morgan fingerprint density at radius 3 is 2.84 bits per heavy atom. The number of fused-ring (bicyclic) bond motifs is 1. The molecule has 3 rings (SSSR count). The second-order valence-corrected chi connectivity index (χ2v) is 6.14. The normalized spacial score (nSPS) is 13.2. The minimum Gasteiger partial charge on any atom is -0.481 e. The number of nitrogens with zero attached hydrogens (tertiary/aromatic N) is 1. The van der Waals surface area contributed by atoms with Crippen LogP contribution in [0.5, 0.6) is 5.75 Å². The zero-order chi connectivity index (χ0) is 17.5. The summed E-state index contributed by atoms with van der Waals surface area (Å²) in [5.74, 6) is -0.594. The molecule has 0 aromatic heterocycles. The number of aryl methyl sites for hydroxylation is 1. The van der Waals surface area contributed by atoms with Crippen LogP contribution in [0.4, 0.5) is 10.1 Å². The lowest BCUT2D eigenvalue weighted by molar-refractivity contribution is -0.123. The van der Waals surface area contributed by atoms with Crippen molar-refractivity contribution < 1.29 is 13.9 Å². The van der Waals surface area contributed by atoms with Gasteiger partial charge in [0.25, 0.3) is 5.91 Å². The summed E-state index contributed by atoms with van der Waals surface area (Å²) in [7, 11) is 0. The molecular weight excluding hydrogens is 319 g/mol. The van der Waals surface area contributed by atoms with Crippen LogP contribution in [0.15, 0.2) is 48.5 Å². The molecule has 25 heavy (non-hydrogen) atoms. The summed E-state index contributed by atoms with van der Waals surface area (Å²) in [6, 6.07) is 14.6. The predicted octanol–water partition coefficient (Wildman–Crippen LogP) is 3.16. The number of hydrogen-bond acceptors (Lipinski definition) is 3. The summed E-state index contributed by atoms with van der Waals surface area (Å²) in [4.78, 5) is 14.2. The Bertz CT molecular complexity index is 720. The van der Waals surface area contributed by atoms with E-state index in [2.05, 4.69) is 34.5 Å². The molecule has 4 nitrogen and oxygen atoms in total. The van der Waals surface area contributed by atoms with E-state index in [9.17, 15) is 9.18 Å². The highest BCUT2D eigenvalue weighted by Crippen LogP contribution is 2.26. The molecule has 5 heteroatoms. The van der Waals surface area contributed by atoms with Gasteiger partial charge < -0.3 is 15.0 Å². The Kier molecular flexibility index (Phi) is 5.88. The molecular formula is C20H23FN2O2. The predicted molar refractivity (Wildman–Crippen MR) is 96.5 cm³/mol. The molecule has 1 aliphatic heterocycles. The van der Waals surface area contributed by atoms with Gasteiger partial charge in [-0.05, 0) is 43.0 Å². The molecule has 1 N–H and O–H groups in total. The van der Waals surface area contributed by atoms with Gasteiger partial charge in [0, 0.05) is 25.3 Å². The number of ether oxygens (including phenoxy) is 1. The largest absolute Gasteiger partial charge is 0.481 e. The number of nitrogens with one attached hydrogen (secondary N) is 1. The quantitative estimate of drug-likeness (QED) is 0.786. The Hall–Kier alpha value is -2.56. The average Bonchev–Trinajstić information content (AvgIpc) is 2.64. The minimum atomic E-state index is -0.459. The molecule has 2 aromatic rings. The minimum absolute atomic E-state index is 0.0996. The van der Waals surface area contributed by atoms with Gasteiger partial charge in [-0.25, -0.2) is 4.39 Å². The number of rotatable bonds is 7. The number of halogens is 1. The van der Waals surface area contributed by atoms with Crippen LogP contribution in [0.2, 0.25) is 0 Å². The molecule has 0 radical (unpaired) electrons. The van der Waals surface area contributed by atoms with E-state index < -0.39 is 5.82 Å². The van der Waals surface area contributed by atoms with Gasteiger partial charge >= 0.3 is 0 Å². The SMILES string of the molecule is O=C(COc1ccccc1F)NCCCN1CCCc2ccccc21. The van der Waals surface area contributed by atoms with E-state index in [-0.39, 0.29) is 18.3 Å². The second kappa shape index (κ2) is 8.51. The summed E-state index contributed by atoms with van der Waals surface area (Å²) in [5, 5.41) is 2.82. The third-order valence-electron chi connectivity index (χ3n) is 4.33. The van der Waals surface area contributed by atoms with Crippen LogP contribution in [0.25, 0.3) is 0 Å². The van der Waals surface area contributed by atoms with E-state index >= 15 is 0 Å². The number of carbonyl (C=O) groups excluding carboxylic acids is 1. The highest BCUT2D eigenvalue weighted by molar-refractivity contribution is 5.77. The summed E-state index contributed by atoms with van der Waals surface area (Å²) in [6.07, 6.45) is 3.16. The molecule has 2 aromatic carbocycles. The Morgan fingerprint density at radius 1 is 1.16 bits per heavy atom. The molecule has 0 saturated carbocycles. The van der Waals surface area contributed by atoms with Crippen LogP contribution in [0.3, 0.4) is 0 Å². The van der Waals surface area contributed by atoms with Crippen LogP contribution in [0, 0.1) is 5.82 Å². The lowest BCUT2D eigenvalue weighted by atomic mass is 10.0. The fourth-order valence-corrected chi connectivity index (χ4v) is 3.10. The number of amides is 1. The van der Waals surface area contributed by atoms with Crippen LogP contribution in [-0.2, 0) is 11.2 Å². The molecule has 0 bridgehead atoms. The first-order chi connectivity index (χ1) is 12.2. The smallest absolute Gasteiger partial charge is 0.257 e. The fraction of sp³-hybridized carbons (Fsp3) is 0.350. The van der Waals surface area contributed by atoms with E-state index in [0.717, 1.165) is 25.9 Å². The van der Waals surface area contributed by atoms with Crippen molar-refractivity contribution in [3.8, 4) is 5.75 Å². The van der Waals surface area contributed by atoms with Crippen LogP contribution in [0.1, 0.15) is 18.4 Å². The molecule has 0 atom stereocenters. The maximum atomic E-state index is 13.4. The van der Waals surface area contributed by atoms with E-state index in [0.29, 0.717) is 6.54 Å². The monoisotopic (exact) mass is 342 g/mol. The van der Waals surface area contributed by atoms with Crippen molar-refractivity contribution in [3.63, 3.8) is 0 Å². The zero-order valence-corrected chi connectivity index (χ0v) is 14.2. The van der Waals surface area contributed by atoms with Gasteiger partial charge in [0.1, 0.15) is 0 Å². The van der Waals surface area contributed by atoms with Gasteiger partial charge in [-0.15, -0.1) is 0 Å². The van der Waals surface area contributed by atoms with E-state index in [4.69, 9.17) is 4.74 Å². The Balaban J connectivity index is 1.38. The van der Waals surface area contributed by atoms with Crippen LogP contribution >= 0.6 is 0 Å². The van der Waals surface area contributed by atoms with Crippen LogP contribution < -0.4 is 15.0 Å². The highest BCUT2D eigenvalue weighted by Gasteiger charge is 2.15. The van der Waals surface area contributed by atoms with E-state index in [1.165, 1.54) is 29.8 Å². The Labute approximate surface area is 147 Å². The van der Waals surface area contributed by atoms with Gasteiger partial charge in [-0.2, -0.15) is 0 Å². The van der Waals surface area contributed by atoms with Gasteiger partial charge in [-0.3, -0.25) is 4.79 Å². The lowest BCUT2D eigenvalue weighted by Gasteiger charge is -2.31. The summed E-state index contributed by atoms with van der Waals surface area (Å²) in [5.41, 5.74) is 2.71. The standard InChI is InChI=1S/C20H23FN2O2/c21-17-9-2-4-11-19(17)25-15-20(24)22-12-6-14-23-13-5-8-16-7-1-3-10-18(16)23/h1-4,7,9-11H,5-6,8,12-15H2,(H,22,24). The zero-order valence-electron chi connectivity index (χ0n) is 14.2. The van der Waals surface area contributed by atoms with Crippen molar-refractivity contribution in [2.45, 2.75) is 19.3 Å². The third kappa shape index (κ3) is 4.72. The van der Waals surface area contributed by atoms with Crippen molar-refractivity contribution >= 4 is 11.6 Å². The first kappa shape index (κ1) is 17.3. The van der Waals surface area contributed by atoms with Crippen molar-refractivity contribution in [2.75, 3.05) is 31.1 Å². The maximum Gasteiger partial charge on any atom is 0.257 e. The molecule has 132 valence electrons. The molecule has 0 spiro atoms. The molecule has 1 amide bonds. The van der Waals surface area contributed by atoms with Crippen molar-refractivity contribution in [3.05, 3.63) is 59.9 Å². The topological polar surface area (TPSA) is 41.6 Å². The van der Waals surface area contributed by atoms with Crippen molar-refractivity contribution in [1.29, 1.82) is 0 Å². The number of benzene rings is 2. The average molecular weight is 342 g/mol. The third-order valence-corrected chi connectivity index (χ3v) is 4.33. The first-order valence-electron chi connectivity index (χ1n) is 8.71. The molecule has 0 aliphatic carbocycles. The fourth-order valence-electron chi connectivity index (χ4n) is 3.10. The van der Waals surface area contributed by atoms with Crippen molar-refractivity contribution in [1.82, 2.24) is 5.32 Å². The van der Waals surface area contributed by atoms with Crippen LogP contribution in [-0.4, -0.2) is 32.1 Å². The number of para-hydroxylation sites is 2. The number of anilines is 1. The maximum absolute atomic E-state index is 13.4. The number of carbonyl (C=O) groups is 1. The first-order valence-corrected chi connectivity index (χ1v) is 8.71. The van der Waals surface area contributed by atoms with Gasteiger partial charge in [0.15, 0.2) is 18.2 Å². The van der Waals surface area contributed by atoms with Gasteiger partial charge in [-0.1, -0.05) is 30.3 Å². The van der Waals surface area contributed by atoms with Gasteiger partial charge in [0.05, 0.1) is 0 Å². The molecule has 0 fully saturated rings.